The number of benzene rings is 2. The topological polar surface area (TPSA) is 29.0 Å². The maximum absolute atomic E-state index is 6.16. The number of aromatic nitrogens is 2. The van der Waals surface area contributed by atoms with E-state index in [9.17, 15) is 0 Å². The smallest absolute Gasteiger partial charge is 0.224 e. The third-order valence-electron chi connectivity index (χ3n) is 4.30. The van der Waals surface area contributed by atoms with Crippen LogP contribution in [0.4, 0.5) is 5.82 Å². The molecule has 1 aromatic heterocycles. The van der Waals surface area contributed by atoms with Gasteiger partial charge in [-0.1, -0.05) is 56.3 Å². The first-order valence-electron chi connectivity index (χ1n) is 8.74. The molecule has 3 rings (SSSR count). The third kappa shape index (κ3) is 4.49. The molecule has 0 aliphatic carbocycles. The average Bonchev–Trinajstić information content (AvgIpc) is 2.59. The van der Waals surface area contributed by atoms with E-state index in [1.54, 1.807) is 0 Å². The number of hydrogen-bond donors (Lipinski definition) is 0. The maximum Gasteiger partial charge on any atom is 0.224 e. The van der Waals surface area contributed by atoms with E-state index in [1.165, 1.54) is 16.3 Å². The first-order valence-corrected chi connectivity index (χ1v) is 9.12. The molecule has 0 fully saturated rings. The van der Waals surface area contributed by atoms with Crippen molar-refractivity contribution in [2.24, 2.45) is 5.92 Å². The fourth-order valence-electron chi connectivity index (χ4n) is 3.19. The van der Waals surface area contributed by atoms with Crippen LogP contribution in [0.5, 0.6) is 0 Å². The van der Waals surface area contributed by atoms with Gasteiger partial charge in [0, 0.05) is 25.4 Å². The van der Waals surface area contributed by atoms with Crippen LogP contribution in [0.25, 0.3) is 10.8 Å². The van der Waals surface area contributed by atoms with Gasteiger partial charge >= 0.3 is 0 Å². The highest BCUT2D eigenvalue weighted by Crippen LogP contribution is 2.21. The number of hydrogen-bond acceptors (Lipinski definition) is 3. The van der Waals surface area contributed by atoms with Crippen LogP contribution in [0.15, 0.2) is 48.5 Å². The standard InChI is InChI=1S/C21H24ClN3/c1-15(2)14-25(3)20-13-18(23-21(22)24-20)12-11-17-9-6-8-16-7-4-5-10-19(16)17/h4-10,13,15H,11-12,14H2,1-3H3. The zero-order chi connectivity index (χ0) is 17.8. The molecular weight excluding hydrogens is 330 g/mol. The monoisotopic (exact) mass is 353 g/mol. The van der Waals surface area contributed by atoms with Gasteiger partial charge in [0.15, 0.2) is 0 Å². The van der Waals surface area contributed by atoms with Crippen molar-refractivity contribution in [2.45, 2.75) is 26.7 Å². The highest BCUT2D eigenvalue weighted by atomic mass is 35.5. The molecule has 2 aromatic carbocycles. The molecule has 0 amide bonds. The Labute approximate surface area is 154 Å². The Hall–Kier alpha value is -2.13. The molecule has 0 saturated carbocycles. The second-order valence-electron chi connectivity index (χ2n) is 6.90. The Kier molecular flexibility index (Phi) is 5.54. The molecule has 0 radical (unpaired) electrons. The fraction of sp³-hybridized carbons (Fsp3) is 0.333. The summed E-state index contributed by atoms with van der Waals surface area (Å²) in [6.45, 7) is 5.33. The Bertz CT molecular complexity index is 855. The highest BCUT2D eigenvalue weighted by molar-refractivity contribution is 6.28. The summed E-state index contributed by atoms with van der Waals surface area (Å²) in [5.74, 6) is 1.46. The number of halogens is 1. The normalized spacial score (nSPS) is 11.2. The molecule has 3 aromatic rings. The van der Waals surface area contributed by atoms with Gasteiger partial charge in [0.2, 0.25) is 5.28 Å². The van der Waals surface area contributed by atoms with Crippen LogP contribution in [0.3, 0.4) is 0 Å². The van der Waals surface area contributed by atoms with Crippen LogP contribution in [-0.2, 0) is 12.8 Å². The van der Waals surface area contributed by atoms with E-state index in [2.05, 4.69) is 77.2 Å². The molecule has 4 heteroatoms. The largest absolute Gasteiger partial charge is 0.359 e. The van der Waals surface area contributed by atoms with Crippen molar-refractivity contribution in [3.63, 3.8) is 0 Å². The Morgan fingerprint density at radius 3 is 2.56 bits per heavy atom. The van der Waals surface area contributed by atoms with Gasteiger partial charge < -0.3 is 4.90 Å². The van der Waals surface area contributed by atoms with Crippen molar-refractivity contribution >= 4 is 28.2 Å². The molecule has 130 valence electrons. The van der Waals surface area contributed by atoms with Crippen molar-refractivity contribution in [3.8, 4) is 0 Å². The lowest BCUT2D eigenvalue weighted by Crippen LogP contribution is -2.23. The molecule has 0 aliphatic rings. The summed E-state index contributed by atoms with van der Waals surface area (Å²) in [5.41, 5.74) is 2.32. The minimum atomic E-state index is 0.320. The van der Waals surface area contributed by atoms with Gasteiger partial charge in [-0.05, 0) is 46.7 Å². The SMILES string of the molecule is CC(C)CN(C)c1cc(CCc2cccc3ccccc23)nc(Cl)n1. The number of aryl methyl sites for hydroxylation is 2. The summed E-state index contributed by atoms with van der Waals surface area (Å²) in [4.78, 5) is 10.9. The number of anilines is 1. The highest BCUT2D eigenvalue weighted by Gasteiger charge is 2.10. The summed E-state index contributed by atoms with van der Waals surface area (Å²) in [6.07, 6.45) is 1.78. The molecule has 0 N–H and O–H groups in total. The lowest BCUT2D eigenvalue weighted by Gasteiger charge is -2.20. The van der Waals surface area contributed by atoms with E-state index >= 15 is 0 Å². The van der Waals surface area contributed by atoms with E-state index in [-0.39, 0.29) is 0 Å². The molecule has 3 nitrogen and oxygen atoms in total. The lowest BCUT2D eigenvalue weighted by molar-refractivity contribution is 0.633. The molecular formula is C21H24ClN3. The minimum absolute atomic E-state index is 0.320. The summed E-state index contributed by atoms with van der Waals surface area (Å²) >= 11 is 6.16. The Balaban J connectivity index is 1.80. The van der Waals surface area contributed by atoms with Gasteiger partial charge in [-0.25, -0.2) is 9.97 Å². The van der Waals surface area contributed by atoms with E-state index in [0.717, 1.165) is 30.9 Å². The second kappa shape index (κ2) is 7.83. The van der Waals surface area contributed by atoms with E-state index in [0.29, 0.717) is 11.2 Å². The van der Waals surface area contributed by atoms with E-state index in [1.807, 2.05) is 7.05 Å². The molecule has 0 spiro atoms. The zero-order valence-corrected chi connectivity index (χ0v) is 15.8. The zero-order valence-electron chi connectivity index (χ0n) is 15.0. The van der Waals surface area contributed by atoms with Gasteiger partial charge in [0.05, 0.1) is 0 Å². The van der Waals surface area contributed by atoms with Gasteiger partial charge in [-0.2, -0.15) is 0 Å². The van der Waals surface area contributed by atoms with Crippen LogP contribution in [0, 0.1) is 5.92 Å². The van der Waals surface area contributed by atoms with Crippen LogP contribution < -0.4 is 4.90 Å². The number of rotatable bonds is 6. The fourth-order valence-corrected chi connectivity index (χ4v) is 3.38. The van der Waals surface area contributed by atoms with Crippen LogP contribution in [0.1, 0.15) is 25.1 Å². The molecule has 0 bridgehead atoms. The Morgan fingerprint density at radius 1 is 1.00 bits per heavy atom. The van der Waals surface area contributed by atoms with Crippen LogP contribution in [0.2, 0.25) is 5.28 Å². The van der Waals surface area contributed by atoms with Gasteiger partial charge in [-0.15, -0.1) is 0 Å². The molecule has 25 heavy (non-hydrogen) atoms. The van der Waals surface area contributed by atoms with Crippen molar-refractivity contribution in [3.05, 3.63) is 65.1 Å². The molecule has 0 aliphatic heterocycles. The molecule has 0 unspecified atom stereocenters. The van der Waals surface area contributed by atoms with Gasteiger partial charge in [-0.3, -0.25) is 0 Å². The minimum Gasteiger partial charge on any atom is -0.359 e. The summed E-state index contributed by atoms with van der Waals surface area (Å²) in [5, 5.41) is 2.90. The first kappa shape index (κ1) is 17.7. The molecule has 0 atom stereocenters. The van der Waals surface area contributed by atoms with Crippen molar-refractivity contribution in [1.29, 1.82) is 0 Å². The summed E-state index contributed by atoms with van der Waals surface area (Å²) in [6, 6.07) is 17.0. The maximum atomic E-state index is 6.16. The first-order chi connectivity index (χ1) is 12.0. The molecule has 1 heterocycles. The number of fused-ring (bicyclic) bond motifs is 1. The Morgan fingerprint density at radius 2 is 1.76 bits per heavy atom. The second-order valence-corrected chi connectivity index (χ2v) is 7.24. The summed E-state index contributed by atoms with van der Waals surface area (Å²) in [7, 11) is 2.05. The van der Waals surface area contributed by atoms with Crippen molar-refractivity contribution in [1.82, 2.24) is 9.97 Å². The van der Waals surface area contributed by atoms with Crippen molar-refractivity contribution in [2.75, 3.05) is 18.5 Å². The predicted molar refractivity (Wildman–Crippen MR) is 107 cm³/mol. The van der Waals surface area contributed by atoms with E-state index in [4.69, 9.17) is 11.6 Å². The average molecular weight is 354 g/mol. The molecule has 0 saturated heterocycles. The van der Waals surface area contributed by atoms with Gasteiger partial charge in [0.1, 0.15) is 5.82 Å². The lowest BCUT2D eigenvalue weighted by atomic mass is 10.00. The third-order valence-corrected chi connectivity index (χ3v) is 4.47. The quantitative estimate of drug-likeness (QED) is 0.573. The van der Waals surface area contributed by atoms with Gasteiger partial charge in [0.25, 0.3) is 0 Å². The predicted octanol–water partition coefficient (Wildman–Crippen LogP) is 5.16. The number of nitrogens with zero attached hydrogens (tertiary/aromatic N) is 3. The van der Waals surface area contributed by atoms with E-state index < -0.39 is 0 Å². The van der Waals surface area contributed by atoms with Crippen molar-refractivity contribution < 1.29 is 0 Å². The van der Waals surface area contributed by atoms with Crippen LogP contribution in [-0.4, -0.2) is 23.6 Å². The van der Waals surface area contributed by atoms with Crippen LogP contribution >= 0.6 is 11.6 Å². The summed E-state index contributed by atoms with van der Waals surface area (Å²) < 4.78 is 0.